The second kappa shape index (κ2) is 7.49. The van der Waals surface area contributed by atoms with Gasteiger partial charge in [-0.25, -0.2) is 9.59 Å². The number of methoxy groups -OCH3 is 1. The maximum absolute atomic E-state index is 11.7. The van der Waals surface area contributed by atoms with Crippen LogP contribution in [-0.4, -0.2) is 43.5 Å². The zero-order valence-electron chi connectivity index (χ0n) is 11.7. The molecule has 1 aromatic carbocycles. The van der Waals surface area contributed by atoms with Gasteiger partial charge in [-0.1, -0.05) is 0 Å². The van der Waals surface area contributed by atoms with Crippen LogP contribution >= 0.6 is 0 Å². The summed E-state index contributed by atoms with van der Waals surface area (Å²) in [4.78, 5) is 22.8. The Morgan fingerprint density at radius 2 is 1.90 bits per heavy atom. The summed E-state index contributed by atoms with van der Waals surface area (Å²) in [5.74, 6) is -1.43. The number of ether oxygens (including phenoxy) is 3. The van der Waals surface area contributed by atoms with Gasteiger partial charge in [0.05, 0.1) is 24.3 Å². The first kappa shape index (κ1) is 16.0. The molecule has 0 saturated carbocycles. The lowest BCUT2D eigenvalue weighted by molar-refractivity contribution is 0.0524. The molecule has 0 bridgehead atoms. The molecular weight excluding hydrogens is 264 g/mol. The van der Waals surface area contributed by atoms with Crippen molar-refractivity contribution in [3.63, 3.8) is 0 Å². The van der Waals surface area contributed by atoms with Crippen LogP contribution in [0.5, 0.6) is 5.75 Å². The Kier molecular flexibility index (Phi) is 5.99. The fourth-order valence-electron chi connectivity index (χ4n) is 1.62. The second-order valence-corrected chi connectivity index (χ2v) is 4.16. The predicted octanol–water partition coefficient (Wildman–Crippen LogP) is 1.98. The van der Waals surface area contributed by atoms with E-state index in [9.17, 15) is 9.59 Å². The van der Waals surface area contributed by atoms with E-state index in [0.29, 0.717) is 6.61 Å². The molecule has 6 nitrogen and oxygen atoms in total. The van der Waals surface area contributed by atoms with Crippen molar-refractivity contribution in [2.45, 2.75) is 20.0 Å². The standard InChI is InChI=1S/C14H18O6/c1-4-19-14(17)11-5-10(13(15)16)6-12(7-11)20-9(2)8-18-3/h5-7,9H,4,8H2,1-3H3,(H,15,16)/t9-/m0/s1. The molecule has 0 aromatic heterocycles. The number of hydrogen-bond acceptors (Lipinski definition) is 5. The fourth-order valence-corrected chi connectivity index (χ4v) is 1.62. The summed E-state index contributed by atoms with van der Waals surface area (Å²) in [6, 6.07) is 4.07. The van der Waals surface area contributed by atoms with E-state index >= 15 is 0 Å². The highest BCUT2D eigenvalue weighted by molar-refractivity contribution is 5.95. The second-order valence-electron chi connectivity index (χ2n) is 4.16. The predicted molar refractivity (Wildman–Crippen MR) is 71.3 cm³/mol. The van der Waals surface area contributed by atoms with Crippen molar-refractivity contribution in [2.75, 3.05) is 20.3 Å². The van der Waals surface area contributed by atoms with E-state index in [1.165, 1.54) is 25.3 Å². The quantitative estimate of drug-likeness (QED) is 0.770. The third-order valence-electron chi connectivity index (χ3n) is 2.40. The van der Waals surface area contributed by atoms with Gasteiger partial charge in [0, 0.05) is 7.11 Å². The third kappa shape index (κ3) is 4.55. The molecule has 0 fully saturated rings. The van der Waals surface area contributed by atoms with Gasteiger partial charge in [-0.3, -0.25) is 0 Å². The molecule has 0 unspecified atom stereocenters. The molecular formula is C14H18O6. The molecule has 1 aromatic rings. The van der Waals surface area contributed by atoms with E-state index in [4.69, 9.17) is 19.3 Å². The minimum atomic E-state index is -1.14. The van der Waals surface area contributed by atoms with Crippen LogP contribution in [0.3, 0.4) is 0 Å². The molecule has 0 aliphatic rings. The van der Waals surface area contributed by atoms with Crippen molar-refractivity contribution >= 4 is 11.9 Å². The summed E-state index contributed by atoms with van der Waals surface area (Å²) in [6.45, 7) is 4.02. The molecule has 0 amide bonds. The van der Waals surface area contributed by atoms with E-state index in [2.05, 4.69) is 0 Å². The number of carboxylic acids is 1. The molecule has 6 heteroatoms. The third-order valence-corrected chi connectivity index (χ3v) is 2.40. The number of esters is 1. The fraction of sp³-hybridized carbons (Fsp3) is 0.429. The van der Waals surface area contributed by atoms with Crippen LogP contribution in [-0.2, 0) is 9.47 Å². The summed E-state index contributed by atoms with van der Waals surface area (Å²) >= 11 is 0. The zero-order valence-corrected chi connectivity index (χ0v) is 11.7. The highest BCUT2D eigenvalue weighted by Crippen LogP contribution is 2.20. The van der Waals surface area contributed by atoms with E-state index in [1.807, 2.05) is 0 Å². The summed E-state index contributed by atoms with van der Waals surface area (Å²) in [6.07, 6.45) is -0.265. The van der Waals surface area contributed by atoms with Crippen molar-refractivity contribution in [1.82, 2.24) is 0 Å². The van der Waals surface area contributed by atoms with Crippen LogP contribution in [0.1, 0.15) is 34.6 Å². The smallest absolute Gasteiger partial charge is 0.338 e. The lowest BCUT2D eigenvalue weighted by Crippen LogP contribution is -2.18. The van der Waals surface area contributed by atoms with Crippen molar-refractivity contribution < 1.29 is 28.9 Å². The van der Waals surface area contributed by atoms with Crippen LogP contribution < -0.4 is 4.74 Å². The maximum Gasteiger partial charge on any atom is 0.338 e. The Bertz CT molecular complexity index is 483. The van der Waals surface area contributed by atoms with Gasteiger partial charge in [-0.2, -0.15) is 0 Å². The Balaban J connectivity index is 3.04. The first-order valence-electron chi connectivity index (χ1n) is 6.19. The Morgan fingerprint density at radius 3 is 2.45 bits per heavy atom. The molecule has 0 spiro atoms. The van der Waals surface area contributed by atoms with Gasteiger partial charge in [0.15, 0.2) is 0 Å². The van der Waals surface area contributed by atoms with Gasteiger partial charge in [0.1, 0.15) is 11.9 Å². The number of hydrogen-bond donors (Lipinski definition) is 1. The molecule has 0 saturated heterocycles. The Labute approximate surface area is 117 Å². The maximum atomic E-state index is 11.7. The van der Waals surface area contributed by atoms with E-state index in [1.54, 1.807) is 13.8 Å². The van der Waals surface area contributed by atoms with Crippen molar-refractivity contribution in [2.24, 2.45) is 0 Å². The van der Waals surface area contributed by atoms with Crippen molar-refractivity contribution in [3.8, 4) is 5.75 Å². The summed E-state index contributed by atoms with van der Waals surface area (Å²) < 4.78 is 15.3. The van der Waals surface area contributed by atoms with Crippen LogP contribution in [0.25, 0.3) is 0 Å². The van der Waals surface area contributed by atoms with E-state index in [0.717, 1.165) is 0 Å². The molecule has 0 radical (unpaired) electrons. The molecule has 0 aliphatic carbocycles. The largest absolute Gasteiger partial charge is 0.488 e. The van der Waals surface area contributed by atoms with Gasteiger partial charge in [0.2, 0.25) is 0 Å². The number of carboxylic acid groups (broad SMARTS) is 1. The average molecular weight is 282 g/mol. The zero-order chi connectivity index (χ0) is 15.1. The Morgan fingerprint density at radius 1 is 1.25 bits per heavy atom. The number of aromatic carboxylic acids is 1. The van der Waals surface area contributed by atoms with E-state index < -0.39 is 11.9 Å². The van der Waals surface area contributed by atoms with Gasteiger partial charge >= 0.3 is 11.9 Å². The van der Waals surface area contributed by atoms with Crippen LogP contribution in [0.4, 0.5) is 0 Å². The normalized spacial score (nSPS) is 11.8. The SMILES string of the molecule is CCOC(=O)c1cc(O[C@@H](C)COC)cc(C(=O)O)c1. The Hall–Kier alpha value is -2.08. The average Bonchev–Trinajstić information content (AvgIpc) is 2.38. The number of carbonyl (C=O) groups is 2. The number of benzene rings is 1. The first-order valence-corrected chi connectivity index (χ1v) is 6.19. The first-order chi connectivity index (χ1) is 9.47. The lowest BCUT2D eigenvalue weighted by Gasteiger charge is -2.15. The molecule has 0 aliphatic heterocycles. The minimum Gasteiger partial charge on any atom is -0.488 e. The monoisotopic (exact) mass is 282 g/mol. The van der Waals surface area contributed by atoms with Gasteiger partial charge in [-0.05, 0) is 32.0 Å². The molecule has 110 valence electrons. The van der Waals surface area contributed by atoms with Gasteiger partial charge in [0.25, 0.3) is 0 Å². The lowest BCUT2D eigenvalue weighted by atomic mass is 10.1. The van der Waals surface area contributed by atoms with Crippen molar-refractivity contribution in [1.29, 1.82) is 0 Å². The molecule has 20 heavy (non-hydrogen) atoms. The molecule has 0 heterocycles. The van der Waals surface area contributed by atoms with Crippen molar-refractivity contribution in [3.05, 3.63) is 29.3 Å². The molecule has 1 rings (SSSR count). The van der Waals surface area contributed by atoms with Gasteiger partial charge in [-0.15, -0.1) is 0 Å². The number of carbonyl (C=O) groups excluding carboxylic acids is 1. The summed E-state index contributed by atoms with van der Waals surface area (Å²) in [7, 11) is 1.54. The van der Waals surface area contributed by atoms with Crippen LogP contribution in [0.15, 0.2) is 18.2 Å². The topological polar surface area (TPSA) is 82.1 Å². The van der Waals surface area contributed by atoms with E-state index in [-0.39, 0.29) is 29.6 Å². The highest BCUT2D eigenvalue weighted by Gasteiger charge is 2.15. The van der Waals surface area contributed by atoms with Crippen LogP contribution in [0.2, 0.25) is 0 Å². The summed E-state index contributed by atoms with van der Waals surface area (Å²) in [5, 5.41) is 9.05. The summed E-state index contributed by atoms with van der Waals surface area (Å²) in [5.41, 5.74) is 0.113. The highest BCUT2D eigenvalue weighted by atomic mass is 16.5. The molecule has 1 atom stereocenters. The van der Waals surface area contributed by atoms with Gasteiger partial charge < -0.3 is 19.3 Å². The number of rotatable bonds is 7. The van der Waals surface area contributed by atoms with Crippen LogP contribution in [0, 0.1) is 0 Å². The molecule has 1 N–H and O–H groups in total. The minimum absolute atomic E-state index is 0.0323.